The lowest BCUT2D eigenvalue weighted by Crippen LogP contribution is -2.15. The van der Waals surface area contributed by atoms with Crippen molar-refractivity contribution >= 4 is 29.3 Å². The number of hydrogen-bond acceptors (Lipinski definition) is 5. The number of Topliss-reactive ketones (excluding diaryl/α,β-unsaturated/α-hetero) is 1. The van der Waals surface area contributed by atoms with Crippen LogP contribution in [0.5, 0.6) is 5.75 Å². The first-order chi connectivity index (χ1) is 11.5. The number of aromatic nitrogens is 1. The van der Waals surface area contributed by atoms with Crippen molar-refractivity contribution < 1.29 is 14.3 Å². The topological polar surface area (TPSA) is 68.3 Å². The second-order valence-electron chi connectivity index (χ2n) is 5.34. The van der Waals surface area contributed by atoms with Crippen LogP contribution < -0.4 is 10.1 Å². The van der Waals surface area contributed by atoms with E-state index in [0.29, 0.717) is 28.6 Å². The van der Waals surface area contributed by atoms with Gasteiger partial charge in [-0.2, -0.15) is 0 Å². The Kier molecular flexibility index (Phi) is 6.37. The molecule has 0 aliphatic rings. The van der Waals surface area contributed by atoms with Crippen molar-refractivity contribution in [3.63, 3.8) is 0 Å². The van der Waals surface area contributed by atoms with E-state index in [9.17, 15) is 9.59 Å². The first kappa shape index (κ1) is 18.0. The Hall–Kier alpha value is -2.34. The second-order valence-corrected chi connectivity index (χ2v) is 6.33. The van der Waals surface area contributed by atoms with Crippen molar-refractivity contribution in [3.05, 3.63) is 53.2 Å². The first-order valence-electron chi connectivity index (χ1n) is 7.47. The SMILES string of the molecule is COc1ccc(C(C)=O)cc1CSCC(=O)Nc1cc(C)ccn1. The van der Waals surface area contributed by atoms with E-state index in [1.54, 1.807) is 25.4 Å². The minimum atomic E-state index is -0.111. The first-order valence-corrected chi connectivity index (χ1v) is 8.63. The summed E-state index contributed by atoms with van der Waals surface area (Å²) >= 11 is 1.46. The highest BCUT2D eigenvalue weighted by molar-refractivity contribution is 7.99. The van der Waals surface area contributed by atoms with E-state index in [4.69, 9.17) is 4.74 Å². The molecule has 0 atom stereocenters. The van der Waals surface area contributed by atoms with Gasteiger partial charge in [0.1, 0.15) is 11.6 Å². The van der Waals surface area contributed by atoms with E-state index in [2.05, 4.69) is 10.3 Å². The number of benzene rings is 1. The molecule has 1 N–H and O–H groups in total. The molecule has 0 radical (unpaired) electrons. The highest BCUT2D eigenvalue weighted by Crippen LogP contribution is 2.25. The molecule has 1 aromatic heterocycles. The summed E-state index contributed by atoms with van der Waals surface area (Å²) in [6, 6.07) is 9.03. The third kappa shape index (κ3) is 5.09. The molecule has 1 amide bonds. The van der Waals surface area contributed by atoms with Crippen LogP contribution in [0.4, 0.5) is 5.82 Å². The quantitative estimate of drug-likeness (QED) is 0.779. The molecule has 5 nitrogen and oxygen atoms in total. The van der Waals surface area contributed by atoms with Crippen molar-refractivity contribution in [2.45, 2.75) is 19.6 Å². The van der Waals surface area contributed by atoms with E-state index >= 15 is 0 Å². The summed E-state index contributed by atoms with van der Waals surface area (Å²) in [6.45, 7) is 3.47. The van der Waals surface area contributed by atoms with E-state index in [-0.39, 0.29) is 11.7 Å². The Morgan fingerprint density at radius 2 is 2.04 bits per heavy atom. The highest BCUT2D eigenvalue weighted by Gasteiger charge is 2.09. The average molecular weight is 344 g/mol. The van der Waals surface area contributed by atoms with Crippen LogP contribution in [-0.2, 0) is 10.5 Å². The van der Waals surface area contributed by atoms with Crippen molar-refractivity contribution in [1.29, 1.82) is 0 Å². The Bertz CT molecular complexity index is 747. The summed E-state index contributed by atoms with van der Waals surface area (Å²) in [7, 11) is 1.59. The van der Waals surface area contributed by atoms with Gasteiger partial charge < -0.3 is 10.1 Å². The molecule has 2 rings (SSSR count). The number of nitrogens with one attached hydrogen (secondary N) is 1. The monoisotopic (exact) mass is 344 g/mol. The molecule has 0 saturated heterocycles. The van der Waals surface area contributed by atoms with Gasteiger partial charge in [0.25, 0.3) is 0 Å². The van der Waals surface area contributed by atoms with Gasteiger partial charge in [-0.1, -0.05) is 0 Å². The number of amides is 1. The number of aryl methyl sites for hydroxylation is 1. The van der Waals surface area contributed by atoms with Gasteiger partial charge >= 0.3 is 0 Å². The molecule has 0 bridgehead atoms. The Morgan fingerprint density at radius 1 is 1.25 bits per heavy atom. The lowest BCUT2D eigenvalue weighted by molar-refractivity contribution is -0.113. The van der Waals surface area contributed by atoms with Crippen molar-refractivity contribution in [2.24, 2.45) is 0 Å². The largest absolute Gasteiger partial charge is 0.496 e. The summed E-state index contributed by atoms with van der Waals surface area (Å²) in [4.78, 5) is 27.6. The van der Waals surface area contributed by atoms with Gasteiger partial charge in [-0.05, 0) is 49.7 Å². The molecule has 0 fully saturated rings. The summed E-state index contributed by atoms with van der Waals surface area (Å²) in [6.07, 6.45) is 1.66. The zero-order valence-corrected chi connectivity index (χ0v) is 14.8. The minimum absolute atomic E-state index is 0.00664. The zero-order valence-electron chi connectivity index (χ0n) is 14.0. The van der Waals surface area contributed by atoms with Crippen molar-refractivity contribution in [3.8, 4) is 5.75 Å². The van der Waals surface area contributed by atoms with E-state index in [1.165, 1.54) is 18.7 Å². The Labute approximate surface area is 145 Å². The number of ketones is 1. The van der Waals surface area contributed by atoms with E-state index in [1.807, 2.05) is 25.1 Å². The molecule has 1 aromatic carbocycles. The molecule has 0 saturated carbocycles. The minimum Gasteiger partial charge on any atom is -0.496 e. The highest BCUT2D eigenvalue weighted by atomic mass is 32.2. The number of rotatable bonds is 7. The molecule has 0 aliphatic heterocycles. The fourth-order valence-corrected chi connectivity index (χ4v) is 2.95. The molecule has 0 aliphatic carbocycles. The summed E-state index contributed by atoms with van der Waals surface area (Å²) in [5.74, 6) is 2.04. The predicted octanol–water partition coefficient (Wildman–Crippen LogP) is 3.47. The summed E-state index contributed by atoms with van der Waals surface area (Å²) < 4.78 is 5.31. The fourth-order valence-electron chi connectivity index (χ4n) is 2.15. The summed E-state index contributed by atoms with van der Waals surface area (Å²) in [5.41, 5.74) is 2.58. The number of nitrogens with zero attached hydrogens (tertiary/aromatic N) is 1. The van der Waals surface area contributed by atoms with Crippen LogP contribution in [0.25, 0.3) is 0 Å². The number of pyridine rings is 1. The maximum atomic E-state index is 12.0. The predicted molar refractivity (Wildman–Crippen MR) is 96.8 cm³/mol. The molecule has 126 valence electrons. The Morgan fingerprint density at radius 3 is 2.71 bits per heavy atom. The number of anilines is 1. The second kappa shape index (κ2) is 8.49. The molecule has 1 heterocycles. The van der Waals surface area contributed by atoms with Crippen LogP contribution in [0.2, 0.25) is 0 Å². The third-order valence-corrected chi connectivity index (χ3v) is 4.34. The zero-order chi connectivity index (χ0) is 17.5. The van der Waals surface area contributed by atoms with Gasteiger partial charge in [-0.25, -0.2) is 4.98 Å². The number of methoxy groups -OCH3 is 1. The Balaban J connectivity index is 1.92. The molecule has 0 spiro atoms. The molecule has 0 unspecified atom stereocenters. The van der Waals surface area contributed by atoms with E-state index in [0.717, 1.165) is 11.1 Å². The molecule has 6 heteroatoms. The molecular formula is C18H20N2O3S. The maximum Gasteiger partial charge on any atom is 0.235 e. The number of hydrogen-bond donors (Lipinski definition) is 1. The van der Waals surface area contributed by atoms with Crippen LogP contribution in [0, 0.1) is 6.92 Å². The number of ether oxygens (including phenoxy) is 1. The number of carbonyl (C=O) groups is 2. The van der Waals surface area contributed by atoms with Crippen LogP contribution in [0.3, 0.4) is 0 Å². The molecule has 2 aromatic rings. The van der Waals surface area contributed by atoms with Gasteiger partial charge in [-0.3, -0.25) is 9.59 Å². The van der Waals surface area contributed by atoms with Crippen molar-refractivity contribution in [1.82, 2.24) is 4.98 Å². The summed E-state index contributed by atoms with van der Waals surface area (Å²) in [5, 5.41) is 2.77. The third-order valence-electron chi connectivity index (χ3n) is 3.36. The number of carbonyl (C=O) groups excluding carboxylic acids is 2. The van der Waals surface area contributed by atoms with Gasteiger partial charge in [0.05, 0.1) is 12.9 Å². The van der Waals surface area contributed by atoms with Crippen molar-refractivity contribution in [2.75, 3.05) is 18.2 Å². The maximum absolute atomic E-state index is 12.0. The van der Waals surface area contributed by atoms with Gasteiger partial charge in [-0.15, -0.1) is 11.8 Å². The van der Waals surface area contributed by atoms with Crippen LogP contribution >= 0.6 is 11.8 Å². The number of thioether (sulfide) groups is 1. The normalized spacial score (nSPS) is 10.3. The lowest BCUT2D eigenvalue weighted by atomic mass is 10.1. The van der Waals surface area contributed by atoms with Crippen LogP contribution in [0.1, 0.15) is 28.4 Å². The standard InChI is InChI=1S/C18H20N2O3S/c1-12-6-7-19-17(8-12)20-18(22)11-24-10-15-9-14(13(2)21)4-5-16(15)23-3/h4-9H,10-11H2,1-3H3,(H,19,20,22). The van der Waals surface area contributed by atoms with Crippen LogP contribution in [-0.4, -0.2) is 29.5 Å². The lowest BCUT2D eigenvalue weighted by Gasteiger charge is -2.10. The average Bonchev–Trinajstić information content (AvgIpc) is 2.54. The molecular weight excluding hydrogens is 324 g/mol. The van der Waals surface area contributed by atoms with Crippen LogP contribution in [0.15, 0.2) is 36.5 Å². The molecule has 24 heavy (non-hydrogen) atoms. The van der Waals surface area contributed by atoms with Gasteiger partial charge in [0.2, 0.25) is 5.91 Å². The fraction of sp³-hybridized carbons (Fsp3) is 0.278. The van der Waals surface area contributed by atoms with E-state index < -0.39 is 0 Å². The smallest absolute Gasteiger partial charge is 0.235 e. The van der Waals surface area contributed by atoms with Gasteiger partial charge in [0, 0.05) is 23.1 Å². The van der Waals surface area contributed by atoms with Gasteiger partial charge in [0.15, 0.2) is 5.78 Å².